The Balaban J connectivity index is 1.81. The van der Waals surface area contributed by atoms with Crippen molar-refractivity contribution in [3.05, 3.63) is 35.9 Å². The monoisotopic (exact) mass is 259 g/mol. The Morgan fingerprint density at radius 3 is 2.42 bits per heavy atom. The maximum Gasteiger partial charge on any atom is 0.223 e. The van der Waals surface area contributed by atoms with Gasteiger partial charge in [0.25, 0.3) is 0 Å². The predicted molar refractivity (Wildman–Crippen MR) is 79.0 cm³/mol. The Bertz CT molecular complexity index is 393. The standard InChI is InChI=1S/C17H25NO/c1-3-13(2)17(19)18-16-11-9-15(10-12-16)14-7-5-4-6-8-14/h4-8,13,15-16H,3,9-12H2,1-2H3,(H,18,19). The maximum atomic E-state index is 11.9. The fraction of sp³-hybridized carbons (Fsp3) is 0.588. The van der Waals surface area contributed by atoms with Crippen LogP contribution in [0.15, 0.2) is 30.3 Å². The van der Waals surface area contributed by atoms with E-state index >= 15 is 0 Å². The lowest BCUT2D eigenvalue weighted by Gasteiger charge is -2.30. The van der Waals surface area contributed by atoms with Crippen LogP contribution in [0.4, 0.5) is 0 Å². The molecular formula is C17H25NO. The van der Waals surface area contributed by atoms with Crippen LogP contribution in [0.25, 0.3) is 0 Å². The molecule has 0 heterocycles. The van der Waals surface area contributed by atoms with Crippen LogP contribution in [0.3, 0.4) is 0 Å². The molecule has 1 N–H and O–H groups in total. The molecule has 19 heavy (non-hydrogen) atoms. The molecule has 2 rings (SSSR count). The van der Waals surface area contributed by atoms with Crippen LogP contribution in [-0.4, -0.2) is 11.9 Å². The average molecular weight is 259 g/mol. The van der Waals surface area contributed by atoms with E-state index in [0.29, 0.717) is 12.0 Å². The highest BCUT2D eigenvalue weighted by Gasteiger charge is 2.24. The van der Waals surface area contributed by atoms with Crippen molar-refractivity contribution in [3.8, 4) is 0 Å². The second kappa shape index (κ2) is 6.74. The highest BCUT2D eigenvalue weighted by Crippen LogP contribution is 2.32. The van der Waals surface area contributed by atoms with Crippen LogP contribution in [0, 0.1) is 5.92 Å². The molecule has 0 spiro atoms. The minimum absolute atomic E-state index is 0.145. The van der Waals surface area contributed by atoms with Crippen molar-refractivity contribution in [1.82, 2.24) is 5.32 Å². The van der Waals surface area contributed by atoms with E-state index < -0.39 is 0 Å². The van der Waals surface area contributed by atoms with Gasteiger partial charge in [0.1, 0.15) is 0 Å². The molecule has 1 atom stereocenters. The average Bonchev–Trinajstić information content (AvgIpc) is 2.48. The van der Waals surface area contributed by atoms with Gasteiger partial charge in [0.15, 0.2) is 0 Å². The second-order valence-electron chi connectivity index (χ2n) is 5.78. The van der Waals surface area contributed by atoms with E-state index in [1.807, 2.05) is 6.92 Å². The van der Waals surface area contributed by atoms with E-state index in [1.165, 1.54) is 18.4 Å². The summed E-state index contributed by atoms with van der Waals surface area (Å²) in [6.07, 6.45) is 5.53. The summed E-state index contributed by atoms with van der Waals surface area (Å²) in [5, 5.41) is 3.20. The Morgan fingerprint density at radius 2 is 1.84 bits per heavy atom. The molecule has 0 saturated heterocycles. The van der Waals surface area contributed by atoms with Gasteiger partial charge in [0.2, 0.25) is 5.91 Å². The zero-order valence-electron chi connectivity index (χ0n) is 12.1. The molecule has 104 valence electrons. The maximum absolute atomic E-state index is 11.9. The normalized spacial score (nSPS) is 24.7. The SMILES string of the molecule is CCC(C)C(=O)NC1CCC(c2ccccc2)CC1. The fourth-order valence-electron chi connectivity index (χ4n) is 2.83. The lowest BCUT2D eigenvalue weighted by molar-refractivity contribution is -0.125. The molecule has 1 amide bonds. The number of amides is 1. The van der Waals surface area contributed by atoms with Crippen LogP contribution in [-0.2, 0) is 4.79 Å². The van der Waals surface area contributed by atoms with Crippen molar-refractivity contribution in [3.63, 3.8) is 0 Å². The third-order valence-corrected chi connectivity index (χ3v) is 4.40. The van der Waals surface area contributed by atoms with Gasteiger partial charge in [-0.25, -0.2) is 0 Å². The molecule has 0 aliphatic heterocycles. The molecule has 0 bridgehead atoms. The van der Waals surface area contributed by atoms with Gasteiger partial charge in [-0.15, -0.1) is 0 Å². The van der Waals surface area contributed by atoms with Crippen LogP contribution in [0.1, 0.15) is 57.4 Å². The lowest BCUT2D eigenvalue weighted by Crippen LogP contribution is -2.39. The van der Waals surface area contributed by atoms with Crippen molar-refractivity contribution in [2.45, 2.75) is 57.9 Å². The number of hydrogen-bond donors (Lipinski definition) is 1. The molecule has 1 fully saturated rings. The first-order chi connectivity index (χ1) is 9.20. The molecule has 2 nitrogen and oxygen atoms in total. The van der Waals surface area contributed by atoms with E-state index in [9.17, 15) is 4.79 Å². The van der Waals surface area contributed by atoms with Gasteiger partial charge in [-0.05, 0) is 43.6 Å². The van der Waals surface area contributed by atoms with E-state index in [0.717, 1.165) is 19.3 Å². The van der Waals surface area contributed by atoms with Crippen LogP contribution >= 0.6 is 0 Å². The first-order valence-electron chi connectivity index (χ1n) is 7.56. The highest BCUT2D eigenvalue weighted by atomic mass is 16.1. The van der Waals surface area contributed by atoms with E-state index in [4.69, 9.17) is 0 Å². The molecule has 0 radical (unpaired) electrons. The number of nitrogens with one attached hydrogen (secondary N) is 1. The Kier molecular flexibility index (Phi) is 5.00. The Hall–Kier alpha value is -1.31. The molecule has 1 unspecified atom stereocenters. The van der Waals surface area contributed by atoms with E-state index in [2.05, 4.69) is 42.6 Å². The van der Waals surface area contributed by atoms with Gasteiger partial charge < -0.3 is 5.32 Å². The van der Waals surface area contributed by atoms with Gasteiger partial charge in [0.05, 0.1) is 0 Å². The minimum Gasteiger partial charge on any atom is -0.353 e. The molecule has 0 aromatic heterocycles. The Labute approximate surface area is 116 Å². The largest absolute Gasteiger partial charge is 0.353 e. The summed E-state index contributed by atoms with van der Waals surface area (Å²) in [5.74, 6) is 1.05. The molecule has 1 aromatic rings. The van der Waals surface area contributed by atoms with Crippen molar-refractivity contribution in [2.75, 3.05) is 0 Å². The van der Waals surface area contributed by atoms with Crippen LogP contribution < -0.4 is 5.32 Å². The molecular weight excluding hydrogens is 234 g/mol. The molecule has 1 aromatic carbocycles. The van der Waals surface area contributed by atoms with Crippen LogP contribution in [0.5, 0.6) is 0 Å². The van der Waals surface area contributed by atoms with Gasteiger partial charge in [-0.2, -0.15) is 0 Å². The summed E-state index contributed by atoms with van der Waals surface area (Å²) in [6.45, 7) is 4.07. The van der Waals surface area contributed by atoms with E-state index in [1.54, 1.807) is 0 Å². The molecule has 1 aliphatic carbocycles. The topological polar surface area (TPSA) is 29.1 Å². The van der Waals surface area contributed by atoms with Gasteiger partial charge in [-0.3, -0.25) is 4.79 Å². The molecule has 1 aliphatic rings. The van der Waals surface area contributed by atoms with Gasteiger partial charge in [0, 0.05) is 12.0 Å². The first kappa shape index (κ1) is 14.1. The summed E-state index contributed by atoms with van der Waals surface area (Å²) in [7, 11) is 0. The zero-order chi connectivity index (χ0) is 13.7. The summed E-state index contributed by atoms with van der Waals surface area (Å²) in [4.78, 5) is 11.9. The number of rotatable bonds is 4. The van der Waals surface area contributed by atoms with Crippen molar-refractivity contribution < 1.29 is 4.79 Å². The molecule has 1 saturated carbocycles. The quantitative estimate of drug-likeness (QED) is 0.873. The number of carbonyl (C=O) groups is 1. The predicted octanol–water partition coefficient (Wildman–Crippen LogP) is 3.88. The third kappa shape index (κ3) is 3.82. The van der Waals surface area contributed by atoms with Crippen molar-refractivity contribution in [1.29, 1.82) is 0 Å². The van der Waals surface area contributed by atoms with Crippen LogP contribution in [0.2, 0.25) is 0 Å². The summed E-state index contributed by atoms with van der Waals surface area (Å²) in [5.41, 5.74) is 1.45. The van der Waals surface area contributed by atoms with E-state index in [-0.39, 0.29) is 11.8 Å². The fourth-order valence-corrected chi connectivity index (χ4v) is 2.83. The summed E-state index contributed by atoms with van der Waals surface area (Å²) >= 11 is 0. The highest BCUT2D eigenvalue weighted by molar-refractivity contribution is 5.78. The van der Waals surface area contributed by atoms with Gasteiger partial charge in [-0.1, -0.05) is 44.2 Å². The summed E-state index contributed by atoms with van der Waals surface area (Å²) < 4.78 is 0. The Morgan fingerprint density at radius 1 is 1.21 bits per heavy atom. The third-order valence-electron chi connectivity index (χ3n) is 4.40. The number of carbonyl (C=O) groups excluding carboxylic acids is 1. The lowest BCUT2D eigenvalue weighted by atomic mass is 9.81. The second-order valence-corrected chi connectivity index (χ2v) is 5.78. The van der Waals surface area contributed by atoms with Gasteiger partial charge >= 0.3 is 0 Å². The minimum atomic E-state index is 0.145. The first-order valence-corrected chi connectivity index (χ1v) is 7.56. The summed E-state index contributed by atoms with van der Waals surface area (Å²) in [6, 6.07) is 11.1. The van der Waals surface area contributed by atoms with Crippen molar-refractivity contribution >= 4 is 5.91 Å². The zero-order valence-corrected chi connectivity index (χ0v) is 12.1. The molecule has 2 heteroatoms. The smallest absolute Gasteiger partial charge is 0.223 e. The number of hydrogen-bond acceptors (Lipinski definition) is 1. The number of benzene rings is 1. The van der Waals surface area contributed by atoms with Crippen molar-refractivity contribution in [2.24, 2.45) is 5.92 Å².